The van der Waals surface area contributed by atoms with Crippen molar-refractivity contribution >= 4 is 32.7 Å². The minimum absolute atomic E-state index is 0.0619. The first-order chi connectivity index (χ1) is 10.6. The molecule has 3 nitrogen and oxygen atoms in total. The average molecular weight is 357 g/mol. The number of ether oxygens (including phenoxy) is 1. The minimum atomic E-state index is -0.480. The number of benzene rings is 3. The molecule has 0 aliphatic rings. The highest BCUT2D eigenvalue weighted by molar-refractivity contribution is 9.10. The van der Waals surface area contributed by atoms with Crippen LogP contribution < -0.4 is 0 Å². The fourth-order valence-corrected chi connectivity index (χ4v) is 3.06. The van der Waals surface area contributed by atoms with Crippen molar-refractivity contribution in [1.29, 1.82) is 0 Å². The van der Waals surface area contributed by atoms with Crippen molar-refractivity contribution in [1.82, 2.24) is 0 Å². The van der Waals surface area contributed by atoms with E-state index >= 15 is 0 Å². The lowest BCUT2D eigenvalue weighted by Crippen LogP contribution is -2.04. The molecule has 3 aromatic rings. The van der Waals surface area contributed by atoms with Gasteiger partial charge in [-0.25, -0.2) is 4.79 Å². The molecular weight excluding hydrogens is 344 g/mol. The van der Waals surface area contributed by atoms with Crippen LogP contribution in [-0.2, 0) is 4.74 Å². The maximum Gasteiger partial charge on any atom is 0.338 e. The Morgan fingerprint density at radius 1 is 1.05 bits per heavy atom. The van der Waals surface area contributed by atoms with Crippen molar-refractivity contribution in [2.75, 3.05) is 7.11 Å². The van der Waals surface area contributed by atoms with Crippen LogP contribution in [0.15, 0.2) is 59.1 Å². The second-order valence-electron chi connectivity index (χ2n) is 4.84. The highest BCUT2D eigenvalue weighted by Gasteiger charge is 2.20. The van der Waals surface area contributed by atoms with Gasteiger partial charge in [0.1, 0.15) is 5.75 Å². The third kappa shape index (κ3) is 2.35. The molecule has 110 valence electrons. The first-order valence-electron chi connectivity index (χ1n) is 6.71. The molecule has 0 saturated heterocycles. The SMILES string of the molecule is COC(=O)c1cc(O)c2ccccc2c1-c1ccccc1Br. The number of aromatic hydroxyl groups is 1. The number of methoxy groups -OCH3 is 1. The summed E-state index contributed by atoms with van der Waals surface area (Å²) in [6.45, 7) is 0. The van der Waals surface area contributed by atoms with Crippen LogP contribution in [0.2, 0.25) is 0 Å². The predicted molar refractivity (Wildman–Crippen MR) is 90.1 cm³/mol. The van der Waals surface area contributed by atoms with Gasteiger partial charge < -0.3 is 9.84 Å². The van der Waals surface area contributed by atoms with Crippen molar-refractivity contribution in [2.45, 2.75) is 0 Å². The summed E-state index contributed by atoms with van der Waals surface area (Å²) in [6.07, 6.45) is 0. The van der Waals surface area contributed by atoms with E-state index < -0.39 is 5.97 Å². The first-order valence-corrected chi connectivity index (χ1v) is 7.50. The number of esters is 1. The zero-order valence-electron chi connectivity index (χ0n) is 11.8. The molecule has 0 unspecified atom stereocenters. The van der Waals surface area contributed by atoms with E-state index in [1.54, 1.807) is 0 Å². The standard InChI is InChI=1S/C18H13BrO3/c1-22-18(21)14-10-16(20)11-6-2-3-7-12(11)17(14)13-8-4-5-9-15(13)19/h2-10,20H,1H3. The highest BCUT2D eigenvalue weighted by atomic mass is 79.9. The highest BCUT2D eigenvalue weighted by Crippen LogP contribution is 2.40. The normalized spacial score (nSPS) is 10.6. The second kappa shape index (κ2) is 5.81. The number of fused-ring (bicyclic) bond motifs is 1. The molecule has 3 rings (SSSR count). The van der Waals surface area contributed by atoms with E-state index in [9.17, 15) is 9.90 Å². The molecule has 4 heteroatoms. The van der Waals surface area contributed by atoms with Gasteiger partial charge in [0.15, 0.2) is 0 Å². The lowest BCUT2D eigenvalue weighted by atomic mass is 9.92. The molecule has 0 fully saturated rings. The molecule has 0 heterocycles. The summed E-state index contributed by atoms with van der Waals surface area (Å²) in [4.78, 5) is 12.2. The zero-order chi connectivity index (χ0) is 15.7. The van der Waals surface area contributed by atoms with Gasteiger partial charge in [-0.05, 0) is 23.1 Å². The number of carbonyl (C=O) groups excluding carboxylic acids is 1. The zero-order valence-corrected chi connectivity index (χ0v) is 13.4. The average Bonchev–Trinajstić information content (AvgIpc) is 2.55. The summed E-state index contributed by atoms with van der Waals surface area (Å²) in [6, 6.07) is 16.6. The van der Waals surface area contributed by atoms with Gasteiger partial charge in [0.05, 0.1) is 12.7 Å². The van der Waals surface area contributed by atoms with E-state index in [-0.39, 0.29) is 5.75 Å². The van der Waals surface area contributed by atoms with E-state index in [1.165, 1.54) is 13.2 Å². The van der Waals surface area contributed by atoms with Gasteiger partial charge >= 0.3 is 5.97 Å². The molecule has 0 aliphatic heterocycles. The number of carbonyl (C=O) groups is 1. The smallest absolute Gasteiger partial charge is 0.338 e. The minimum Gasteiger partial charge on any atom is -0.507 e. The molecule has 0 saturated carbocycles. The van der Waals surface area contributed by atoms with Gasteiger partial charge in [0.2, 0.25) is 0 Å². The predicted octanol–water partition coefficient (Wildman–Crippen LogP) is 4.76. The van der Waals surface area contributed by atoms with Crippen molar-refractivity contribution in [3.05, 3.63) is 64.6 Å². The van der Waals surface area contributed by atoms with Gasteiger partial charge in [-0.1, -0.05) is 58.4 Å². The molecule has 0 aliphatic carbocycles. The first kappa shape index (κ1) is 14.6. The van der Waals surface area contributed by atoms with Gasteiger partial charge in [-0.3, -0.25) is 0 Å². The molecule has 0 amide bonds. The summed E-state index contributed by atoms with van der Waals surface area (Å²) in [5, 5.41) is 11.7. The molecule has 22 heavy (non-hydrogen) atoms. The number of phenols is 1. The molecule has 0 spiro atoms. The molecular formula is C18H13BrO3. The Labute approximate surface area is 136 Å². The molecule has 0 radical (unpaired) electrons. The Bertz CT molecular complexity index is 871. The lowest BCUT2D eigenvalue weighted by molar-refractivity contribution is 0.0601. The van der Waals surface area contributed by atoms with Gasteiger partial charge in [0, 0.05) is 15.4 Å². The Kier molecular flexibility index (Phi) is 3.86. The Morgan fingerprint density at radius 2 is 1.68 bits per heavy atom. The maximum absolute atomic E-state index is 12.2. The molecule has 3 aromatic carbocycles. The quantitative estimate of drug-likeness (QED) is 0.673. The van der Waals surface area contributed by atoms with Crippen LogP contribution >= 0.6 is 15.9 Å². The molecule has 0 aromatic heterocycles. The topological polar surface area (TPSA) is 46.5 Å². The fraction of sp³-hybridized carbons (Fsp3) is 0.0556. The van der Waals surface area contributed by atoms with Crippen LogP contribution in [-0.4, -0.2) is 18.2 Å². The monoisotopic (exact) mass is 356 g/mol. The van der Waals surface area contributed by atoms with Crippen molar-refractivity contribution in [3.8, 4) is 16.9 Å². The van der Waals surface area contributed by atoms with Crippen molar-refractivity contribution in [3.63, 3.8) is 0 Å². The third-order valence-corrected chi connectivity index (χ3v) is 4.26. The maximum atomic E-state index is 12.2. The van der Waals surface area contributed by atoms with E-state index in [2.05, 4.69) is 15.9 Å². The summed E-state index contributed by atoms with van der Waals surface area (Å²) in [7, 11) is 1.33. The van der Waals surface area contributed by atoms with Gasteiger partial charge in [-0.15, -0.1) is 0 Å². The second-order valence-corrected chi connectivity index (χ2v) is 5.69. The fourth-order valence-electron chi connectivity index (χ4n) is 2.58. The van der Waals surface area contributed by atoms with Gasteiger partial charge in [-0.2, -0.15) is 0 Å². The summed E-state index contributed by atoms with van der Waals surface area (Å²) >= 11 is 3.53. The Hall–Kier alpha value is -2.33. The van der Waals surface area contributed by atoms with Crippen molar-refractivity contribution in [2.24, 2.45) is 0 Å². The molecule has 1 N–H and O–H groups in total. The van der Waals surface area contributed by atoms with E-state index in [0.717, 1.165) is 21.0 Å². The van der Waals surface area contributed by atoms with Crippen LogP contribution in [0.3, 0.4) is 0 Å². The molecule has 0 atom stereocenters. The summed E-state index contributed by atoms with van der Waals surface area (Å²) < 4.78 is 5.75. The largest absolute Gasteiger partial charge is 0.507 e. The van der Waals surface area contributed by atoms with Gasteiger partial charge in [0.25, 0.3) is 0 Å². The van der Waals surface area contributed by atoms with Crippen LogP contribution in [0.25, 0.3) is 21.9 Å². The summed E-state index contributed by atoms with van der Waals surface area (Å²) in [5.74, 6) is -0.418. The number of hydrogen-bond acceptors (Lipinski definition) is 3. The number of rotatable bonds is 2. The van der Waals surface area contributed by atoms with E-state index in [0.29, 0.717) is 10.9 Å². The summed E-state index contributed by atoms with van der Waals surface area (Å²) in [5.41, 5.74) is 1.96. The third-order valence-electron chi connectivity index (χ3n) is 3.57. The van der Waals surface area contributed by atoms with Crippen LogP contribution in [0.5, 0.6) is 5.75 Å². The van der Waals surface area contributed by atoms with E-state index in [4.69, 9.17) is 4.74 Å². The number of hydrogen-bond donors (Lipinski definition) is 1. The van der Waals surface area contributed by atoms with Crippen LogP contribution in [0, 0.1) is 0 Å². The lowest BCUT2D eigenvalue weighted by Gasteiger charge is -2.14. The van der Waals surface area contributed by atoms with E-state index in [1.807, 2.05) is 48.5 Å². The number of phenolic OH excluding ortho intramolecular Hbond substituents is 1. The van der Waals surface area contributed by atoms with Crippen LogP contribution in [0.1, 0.15) is 10.4 Å². The van der Waals surface area contributed by atoms with Crippen LogP contribution in [0.4, 0.5) is 0 Å². The Morgan fingerprint density at radius 3 is 2.36 bits per heavy atom. The number of halogens is 1. The molecule has 0 bridgehead atoms. The van der Waals surface area contributed by atoms with Crippen molar-refractivity contribution < 1.29 is 14.6 Å². The Balaban J connectivity index is 2.47.